The molecule has 208 valence electrons. The van der Waals surface area contributed by atoms with Gasteiger partial charge in [0.05, 0.1) is 16.7 Å². The Balaban J connectivity index is 1.36. The Morgan fingerprint density at radius 2 is 0.864 bits per heavy atom. The van der Waals surface area contributed by atoms with Crippen LogP contribution in [0.1, 0.15) is 0 Å². The summed E-state index contributed by atoms with van der Waals surface area (Å²) in [5, 5.41) is 2.50. The molecule has 0 amide bonds. The molecule has 0 atom stereocenters. The number of hydrogen-bond acceptors (Lipinski definition) is 0. The van der Waals surface area contributed by atoms with E-state index in [-0.39, 0.29) is 0 Å². The minimum absolute atomic E-state index is 1.09. The molecule has 1 aromatic heterocycles. The first-order valence-electron chi connectivity index (χ1n) is 14.9. The smallest absolute Gasteiger partial charge is 0.0547 e. The van der Waals surface area contributed by atoms with Crippen LogP contribution in [0.4, 0.5) is 0 Å². The predicted molar refractivity (Wildman–Crippen MR) is 190 cm³/mol. The summed E-state index contributed by atoms with van der Waals surface area (Å²) < 4.78 is 3.53. The van der Waals surface area contributed by atoms with Crippen LogP contribution in [-0.4, -0.2) is 4.57 Å². The zero-order chi connectivity index (χ0) is 29.5. The third kappa shape index (κ3) is 4.74. The molecule has 1 nitrogen and oxygen atoms in total. The number of aromatic nitrogens is 1. The van der Waals surface area contributed by atoms with Gasteiger partial charge in [0, 0.05) is 20.8 Å². The molecular weight excluding hydrogens is 598 g/mol. The molecule has 0 N–H and O–H groups in total. The first kappa shape index (κ1) is 26.4. The van der Waals surface area contributed by atoms with Crippen molar-refractivity contribution in [1.82, 2.24) is 4.57 Å². The van der Waals surface area contributed by atoms with Gasteiger partial charge < -0.3 is 4.57 Å². The fourth-order valence-corrected chi connectivity index (χ4v) is 6.58. The lowest BCUT2D eigenvalue weighted by atomic mass is 9.97. The number of benzene rings is 7. The Morgan fingerprint density at radius 3 is 1.64 bits per heavy atom. The Hall–Kier alpha value is -5.18. The number of nitrogens with zero attached hydrogens (tertiary/aromatic N) is 1. The Morgan fingerprint density at radius 1 is 0.341 bits per heavy atom. The summed E-state index contributed by atoms with van der Waals surface area (Å²) >= 11 is 3.57. The van der Waals surface area contributed by atoms with Crippen LogP contribution in [0, 0.1) is 0 Å². The number of rotatable bonds is 5. The molecule has 0 saturated heterocycles. The molecule has 0 aliphatic rings. The normalized spacial score (nSPS) is 11.3. The number of fused-ring (bicyclic) bond motifs is 3. The van der Waals surface area contributed by atoms with Gasteiger partial charge in [-0.15, -0.1) is 0 Å². The van der Waals surface area contributed by atoms with E-state index < -0.39 is 0 Å². The van der Waals surface area contributed by atoms with E-state index in [0.717, 1.165) is 4.47 Å². The molecule has 0 radical (unpaired) electrons. The van der Waals surface area contributed by atoms with Crippen LogP contribution in [0.2, 0.25) is 0 Å². The van der Waals surface area contributed by atoms with E-state index in [1.807, 2.05) is 0 Å². The monoisotopic (exact) mass is 625 g/mol. The maximum atomic E-state index is 3.57. The van der Waals surface area contributed by atoms with Crippen LogP contribution >= 0.6 is 15.9 Å². The minimum Gasteiger partial charge on any atom is -0.309 e. The van der Waals surface area contributed by atoms with Gasteiger partial charge in [-0.3, -0.25) is 0 Å². The quantitative estimate of drug-likeness (QED) is 0.179. The summed E-state index contributed by atoms with van der Waals surface area (Å²) in [6.45, 7) is 0. The van der Waals surface area contributed by atoms with Crippen LogP contribution in [0.3, 0.4) is 0 Å². The highest BCUT2D eigenvalue weighted by Crippen LogP contribution is 2.39. The van der Waals surface area contributed by atoms with Gasteiger partial charge in [0.1, 0.15) is 0 Å². The SMILES string of the molecule is Brc1ccc(-c2cccc(-c3ccc4c5ccccc5n(-c5ccc(-c6ccccc6)cc5-c5ccccc5)c4c3)c2)cc1. The van der Waals surface area contributed by atoms with Crippen LogP contribution in [0.15, 0.2) is 174 Å². The summed E-state index contributed by atoms with van der Waals surface area (Å²) in [6.07, 6.45) is 0. The van der Waals surface area contributed by atoms with Crippen molar-refractivity contribution >= 4 is 37.7 Å². The summed E-state index contributed by atoms with van der Waals surface area (Å²) in [5.41, 5.74) is 13.2. The molecule has 0 aliphatic heterocycles. The highest BCUT2D eigenvalue weighted by Gasteiger charge is 2.17. The summed E-state index contributed by atoms with van der Waals surface area (Å²) in [5.74, 6) is 0. The highest BCUT2D eigenvalue weighted by atomic mass is 79.9. The van der Waals surface area contributed by atoms with Crippen molar-refractivity contribution in [2.45, 2.75) is 0 Å². The topological polar surface area (TPSA) is 4.93 Å². The van der Waals surface area contributed by atoms with E-state index in [1.165, 1.54) is 72.0 Å². The van der Waals surface area contributed by atoms with Gasteiger partial charge in [0.2, 0.25) is 0 Å². The van der Waals surface area contributed by atoms with Crippen molar-refractivity contribution in [1.29, 1.82) is 0 Å². The van der Waals surface area contributed by atoms with Crippen molar-refractivity contribution in [2.24, 2.45) is 0 Å². The van der Waals surface area contributed by atoms with Gasteiger partial charge in [-0.2, -0.15) is 0 Å². The van der Waals surface area contributed by atoms with Crippen LogP contribution < -0.4 is 0 Å². The number of para-hydroxylation sites is 1. The molecule has 7 aromatic carbocycles. The standard InChI is InChI=1S/C42H28BrN/c43-36-22-18-30(19-23-36)32-14-9-15-33(26-32)35-20-24-38-37-16-7-8-17-40(37)44(42(38)28-35)41-25-21-34(29-10-3-1-4-11-29)27-39(41)31-12-5-2-6-13-31/h1-28H. The van der Waals surface area contributed by atoms with Crippen molar-refractivity contribution in [3.8, 4) is 50.2 Å². The van der Waals surface area contributed by atoms with Gasteiger partial charge >= 0.3 is 0 Å². The van der Waals surface area contributed by atoms with Crippen molar-refractivity contribution < 1.29 is 0 Å². The summed E-state index contributed by atoms with van der Waals surface area (Å²) in [4.78, 5) is 0. The lowest BCUT2D eigenvalue weighted by Gasteiger charge is -2.16. The molecule has 0 aliphatic carbocycles. The molecule has 8 aromatic rings. The first-order valence-corrected chi connectivity index (χ1v) is 15.7. The second kappa shape index (κ2) is 11.1. The van der Waals surface area contributed by atoms with Gasteiger partial charge in [0.15, 0.2) is 0 Å². The predicted octanol–water partition coefficient (Wildman–Crippen LogP) is 12.2. The van der Waals surface area contributed by atoms with Crippen molar-refractivity contribution in [3.05, 3.63) is 174 Å². The molecule has 0 saturated carbocycles. The zero-order valence-corrected chi connectivity index (χ0v) is 25.6. The third-order valence-electron chi connectivity index (χ3n) is 8.48. The van der Waals surface area contributed by atoms with Gasteiger partial charge in [-0.05, 0) is 81.4 Å². The van der Waals surface area contributed by atoms with E-state index >= 15 is 0 Å². The first-order chi connectivity index (χ1) is 21.7. The Bertz CT molecular complexity index is 2260. The maximum Gasteiger partial charge on any atom is 0.0547 e. The number of halogens is 1. The maximum absolute atomic E-state index is 3.57. The molecular formula is C42H28BrN. The van der Waals surface area contributed by atoms with Gasteiger partial charge in [-0.1, -0.05) is 143 Å². The Labute approximate surface area is 265 Å². The molecule has 8 rings (SSSR count). The zero-order valence-electron chi connectivity index (χ0n) is 24.0. The molecule has 0 unspecified atom stereocenters. The lowest BCUT2D eigenvalue weighted by molar-refractivity contribution is 1.18. The average Bonchev–Trinajstić information content (AvgIpc) is 3.43. The molecule has 0 spiro atoms. The van der Waals surface area contributed by atoms with E-state index in [1.54, 1.807) is 0 Å². The van der Waals surface area contributed by atoms with E-state index in [4.69, 9.17) is 0 Å². The third-order valence-corrected chi connectivity index (χ3v) is 9.01. The molecule has 0 fully saturated rings. The van der Waals surface area contributed by atoms with Crippen molar-refractivity contribution in [2.75, 3.05) is 0 Å². The van der Waals surface area contributed by atoms with Crippen LogP contribution in [0.25, 0.3) is 72.0 Å². The molecule has 2 heteroatoms. The summed E-state index contributed by atoms with van der Waals surface area (Å²) in [7, 11) is 0. The molecule has 1 heterocycles. The highest BCUT2D eigenvalue weighted by molar-refractivity contribution is 9.10. The van der Waals surface area contributed by atoms with Gasteiger partial charge in [-0.25, -0.2) is 0 Å². The average molecular weight is 627 g/mol. The molecule has 0 bridgehead atoms. The second-order valence-corrected chi connectivity index (χ2v) is 12.1. The fraction of sp³-hybridized carbons (Fsp3) is 0. The largest absolute Gasteiger partial charge is 0.309 e. The van der Waals surface area contributed by atoms with Crippen LogP contribution in [-0.2, 0) is 0 Å². The van der Waals surface area contributed by atoms with E-state index in [9.17, 15) is 0 Å². The minimum atomic E-state index is 1.09. The lowest BCUT2D eigenvalue weighted by Crippen LogP contribution is -1.98. The number of hydrogen-bond donors (Lipinski definition) is 0. The van der Waals surface area contributed by atoms with E-state index in [2.05, 4.69) is 190 Å². The Kier molecular flexibility index (Phi) is 6.70. The van der Waals surface area contributed by atoms with Crippen molar-refractivity contribution in [3.63, 3.8) is 0 Å². The second-order valence-electron chi connectivity index (χ2n) is 11.1. The van der Waals surface area contributed by atoms with Gasteiger partial charge in [0.25, 0.3) is 0 Å². The fourth-order valence-electron chi connectivity index (χ4n) is 6.32. The summed E-state index contributed by atoms with van der Waals surface area (Å²) in [6, 6.07) is 61.3. The molecule has 44 heavy (non-hydrogen) atoms. The van der Waals surface area contributed by atoms with E-state index in [0.29, 0.717) is 0 Å². The van der Waals surface area contributed by atoms with Crippen LogP contribution in [0.5, 0.6) is 0 Å².